The van der Waals surface area contributed by atoms with Gasteiger partial charge in [0.05, 0.1) is 0 Å². The molecule has 0 aromatic carbocycles. The van der Waals surface area contributed by atoms with E-state index in [-0.39, 0.29) is 6.61 Å². The number of carbonyl (C=O) groups is 3. The third-order valence-electron chi connectivity index (χ3n) is 5.19. The molecule has 0 aromatic rings. The number of nitrogens with zero attached hydrogens (tertiary/aromatic N) is 1. The maximum atomic E-state index is 13.0. The zero-order valence-electron chi connectivity index (χ0n) is 16.2. The van der Waals surface area contributed by atoms with E-state index in [4.69, 9.17) is 14.2 Å². The molecule has 2 aliphatic rings. The van der Waals surface area contributed by atoms with Crippen LogP contribution in [-0.4, -0.2) is 60.3 Å². The number of fused-ring (bicyclic) bond motifs is 1. The van der Waals surface area contributed by atoms with Gasteiger partial charge in [0, 0.05) is 32.4 Å². The largest absolute Gasteiger partial charge is 0.458 e. The van der Waals surface area contributed by atoms with Gasteiger partial charge in [-0.3, -0.25) is 14.5 Å². The topological polar surface area (TPSA) is 82.1 Å². The highest BCUT2D eigenvalue weighted by molar-refractivity contribution is 5.84. The number of hydrogen-bond donors (Lipinski definition) is 0. The van der Waals surface area contributed by atoms with E-state index in [9.17, 15) is 14.4 Å². The molecule has 0 N–H and O–H groups in total. The predicted octanol–water partition coefficient (Wildman–Crippen LogP) is 1.84. The molecule has 0 amide bonds. The van der Waals surface area contributed by atoms with Crippen LogP contribution in [0, 0.1) is 5.92 Å². The Balaban J connectivity index is 2.16. The van der Waals surface area contributed by atoms with Gasteiger partial charge < -0.3 is 14.2 Å². The average Bonchev–Trinajstić information content (AvgIpc) is 3.12. The van der Waals surface area contributed by atoms with Gasteiger partial charge in [-0.05, 0) is 31.9 Å². The molecule has 0 aliphatic carbocycles. The molecule has 7 heteroatoms. The first-order valence-electron chi connectivity index (χ1n) is 9.15. The Morgan fingerprint density at radius 3 is 2.50 bits per heavy atom. The van der Waals surface area contributed by atoms with Gasteiger partial charge in [0.25, 0.3) is 0 Å². The van der Waals surface area contributed by atoms with Gasteiger partial charge in [0.2, 0.25) is 5.60 Å². The summed E-state index contributed by atoms with van der Waals surface area (Å²) < 4.78 is 16.2. The predicted molar refractivity (Wildman–Crippen MR) is 94.2 cm³/mol. The Labute approximate surface area is 154 Å². The van der Waals surface area contributed by atoms with Gasteiger partial charge in [-0.15, -0.1) is 0 Å². The molecule has 3 atom stereocenters. The molecule has 0 saturated carbocycles. The third kappa shape index (κ3) is 4.09. The van der Waals surface area contributed by atoms with Crippen molar-refractivity contribution in [1.29, 1.82) is 0 Å². The van der Waals surface area contributed by atoms with Crippen LogP contribution in [0.3, 0.4) is 0 Å². The molecule has 2 heterocycles. The lowest BCUT2D eigenvalue weighted by molar-refractivity contribution is -0.207. The van der Waals surface area contributed by atoms with Crippen LogP contribution in [0.1, 0.15) is 47.5 Å². The van der Waals surface area contributed by atoms with Crippen LogP contribution in [0.4, 0.5) is 0 Å². The number of carbonyl (C=O) groups excluding carboxylic acids is 3. The minimum atomic E-state index is -1.67. The zero-order chi connectivity index (χ0) is 19.5. The summed E-state index contributed by atoms with van der Waals surface area (Å²) in [6.07, 6.45) is 3.34. The highest BCUT2D eigenvalue weighted by Crippen LogP contribution is 2.32. The summed E-state index contributed by atoms with van der Waals surface area (Å²) in [5.41, 5.74) is -0.595. The first-order valence-corrected chi connectivity index (χ1v) is 9.15. The van der Waals surface area contributed by atoms with Crippen molar-refractivity contribution in [2.45, 2.75) is 65.2 Å². The summed E-state index contributed by atoms with van der Waals surface area (Å²) in [6, 6.07) is 0.330. The van der Waals surface area contributed by atoms with Crippen molar-refractivity contribution >= 4 is 17.9 Å². The Bertz CT molecular complexity index is 599. The molecule has 0 radical (unpaired) electrons. The average molecular weight is 367 g/mol. The third-order valence-corrected chi connectivity index (χ3v) is 5.19. The van der Waals surface area contributed by atoms with Crippen molar-refractivity contribution in [3.63, 3.8) is 0 Å². The molecule has 146 valence electrons. The number of esters is 3. The van der Waals surface area contributed by atoms with Gasteiger partial charge in [0.1, 0.15) is 12.7 Å². The molecular weight excluding hydrogens is 338 g/mol. The zero-order valence-corrected chi connectivity index (χ0v) is 16.2. The van der Waals surface area contributed by atoms with E-state index in [0.29, 0.717) is 6.04 Å². The molecule has 0 unspecified atom stereocenters. The van der Waals surface area contributed by atoms with E-state index < -0.39 is 35.5 Å². The van der Waals surface area contributed by atoms with Crippen LogP contribution < -0.4 is 0 Å². The van der Waals surface area contributed by atoms with Crippen LogP contribution >= 0.6 is 0 Å². The molecule has 1 saturated heterocycles. The summed E-state index contributed by atoms with van der Waals surface area (Å²) >= 11 is 0. The normalized spacial score (nSPS) is 23.0. The quantitative estimate of drug-likeness (QED) is 0.386. The van der Waals surface area contributed by atoms with Crippen molar-refractivity contribution in [1.82, 2.24) is 4.90 Å². The Morgan fingerprint density at radius 1 is 1.23 bits per heavy atom. The van der Waals surface area contributed by atoms with Gasteiger partial charge in [-0.1, -0.05) is 19.9 Å². The smallest absolute Gasteiger partial charge is 0.355 e. The van der Waals surface area contributed by atoms with E-state index in [1.165, 1.54) is 13.8 Å². The summed E-state index contributed by atoms with van der Waals surface area (Å²) in [5, 5.41) is 0. The Hall–Kier alpha value is -1.89. The lowest BCUT2D eigenvalue weighted by Crippen LogP contribution is -2.57. The van der Waals surface area contributed by atoms with E-state index in [1.807, 2.05) is 0 Å². The standard InChI is InChI=1S/C19H29NO6/c1-12(2)19(26-15(5)22,13(3)25-14(4)21)18(23)24-11-16-8-10-20-9-6-7-17(16)20/h8,12-13,17H,6-7,9-11H2,1-5H3/t13-,17+,19+/m1/s1. The van der Waals surface area contributed by atoms with Crippen molar-refractivity contribution in [2.24, 2.45) is 5.92 Å². The van der Waals surface area contributed by atoms with Crippen LogP contribution in [0.5, 0.6) is 0 Å². The van der Waals surface area contributed by atoms with E-state index in [2.05, 4.69) is 11.0 Å². The molecule has 2 rings (SSSR count). The van der Waals surface area contributed by atoms with Crippen LogP contribution in [0.2, 0.25) is 0 Å². The van der Waals surface area contributed by atoms with Gasteiger partial charge in [-0.2, -0.15) is 0 Å². The molecule has 2 aliphatic heterocycles. The molecule has 0 spiro atoms. The van der Waals surface area contributed by atoms with Crippen LogP contribution in [0.15, 0.2) is 11.6 Å². The van der Waals surface area contributed by atoms with E-state index in [0.717, 1.165) is 31.5 Å². The Kier molecular flexibility index (Phi) is 6.44. The Morgan fingerprint density at radius 2 is 1.92 bits per heavy atom. The van der Waals surface area contributed by atoms with E-state index >= 15 is 0 Å². The van der Waals surface area contributed by atoms with Crippen molar-refractivity contribution in [3.8, 4) is 0 Å². The molecular formula is C19H29NO6. The lowest BCUT2D eigenvalue weighted by Gasteiger charge is -2.38. The van der Waals surface area contributed by atoms with Crippen molar-refractivity contribution < 1.29 is 28.6 Å². The fourth-order valence-electron chi connectivity index (χ4n) is 3.94. The first kappa shape index (κ1) is 20.4. The summed E-state index contributed by atoms with van der Waals surface area (Å²) in [5.74, 6) is -2.30. The molecule has 26 heavy (non-hydrogen) atoms. The first-order chi connectivity index (χ1) is 12.2. The fraction of sp³-hybridized carbons (Fsp3) is 0.737. The van der Waals surface area contributed by atoms with E-state index in [1.54, 1.807) is 20.8 Å². The van der Waals surface area contributed by atoms with Crippen LogP contribution in [-0.2, 0) is 28.6 Å². The fourth-order valence-corrected chi connectivity index (χ4v) is 3.94. The minimum absolute atomic E-state index is 0.155. The maximum absolute atomic E-state index is 13.0. The highest BCUT2D eigenvalue weighted by atomic mass is 16.6. The number of rotatable bonds is 7. The second kappa shape index (κ2) is 8.20. The second-order valence-electron chi connectivity index (χ2n) is 7.30. The van der Waals surface area contributed by atoms with Crippen molar-refractivity contribution in [2.75, 3.05) is 19.7 Å². The van der Waals surface area contributed by atoms with Crippen molar-refractivity contribution in [3.05, 3.63) is 11.6 Å². The lowest BCUT2D eigenvalue weighted by atomic mass is 9.85. The molecule has 0 bridgehead atoms. The monoisotopic (exact) mass is 367 g/mol. The number of hydrogen-bond acceptors (Lipinski definition) is 7. The van der Waals surface area contributed by atoms with Gasteiger partial charge >= 0.3 is 17.9 Å². The summed E-state index contributed by atoms with van der Waals surface area (Å²) in [6.45, 7) is 9.57. The number of ether oxygens (including phenoxy) is 3. The second-order valence-corrected chi connectivity index (χ2v) is 7.30. The molecule has 1 fully saturated rings. The minimum Gasteiger partial charge on any atom is -0.458 e. The molecule has 7 nitrogen and oxygen atoms in total. The highest BCUT2D eigenvalue weighted by Gasteiger charge is 2.53. The SMILES string of the molecule is CC(=O)O[C@H](C)[C@](OC(C)=O)(C(=O)OCC1=CCN2CCC[C@@H]12)C(C)C. The summed E-state index contributed by atoms with van der Waals surface area (Å²) in [4.78, 5) is 38.4. The maximum Gasteiger partial charge on any atom is 0.355 e. The summed E-state index contributed by atoms with van der Waals surface area (Å²) in [7, 11) is 0. The molecule has 0 aromatic heterocycles. The van der Waals surface area contributed by atoms with Crippen LogP contribution in [0.25, 0.3) is 0 Å². The van der Waals surface area contributed by atoms with Gasteiger partial charge in [0.15, 0.2) is 0 Å². The van der Waals surface area contributed by atoms with Gasteiger partial charge in [-0.25, -0.2) is 4.79 Å².